The molecule has 4 nitrogen and oxygen atoms in total. The van der Waals surface area contributed by atoms with Crippen molar-refractivity contribution in [2.45, 2.75) is 41.6 Å². The van der Waals surface area contributed by atoms with Gasteiger partial charge in [-0.2, -0.15) is 0 Å². The van der Waals surface area contributed by atoms with Gasteiger partial charge in [0.05, 0.1) is 0 Å². The van der Waals surface area contributed by atoms with E-state index >= 15 is 0 Å². The minimum absolute atomic E-state index is 0.194. The number of hydrogen-bond acceptors (Lipinski definition) is 5. The first kappa shape index (κ1) is 12.4. The third-order valence-electron chi connectivity index (χ3n) is 3.59. The van der Waals surface area contributed by atoms with Crippen LogP contribution in [0.1, 0.15) is 25.7 Å². The van der Waals surface area contributed by atoms with Crippen LogP contribution in [0.25, 0.3) is 0 Å². The lowest BCUT2D eigenvalue weighted by atomic mass is 9.94. The summed E-state index contributed by atoms with van der Waals surface area (Å²) in [6, 6.07) is 0.495. The number of aromatic nitrogens is 1. The van der Waals surface area contributed by atoms with E-state index in [2.05, 4.69) is 10.3 Å². The molecule has 1 heterocycles. The molecule has 1 atom stereocenters. The molecule has 0 spiro atoms. The first-order valence-corrected chi connectivity index (χ1v) is 8.17. The fourth-order valence-electron chi connectivity index (χ4n) is 2.25. The van der Waals surface area contributed by atoms with E-state index in [1.54, 1.807) is 29.3 Å². The van der Waals surface area contributed by atoms with Gasteiger partial charge < -0.3 is 5.73 Å². The molecule has 1 unspecified atom stereocenters. The van der Waals surface area contributed by atoms with Gasteiger partial charge in [0.25, 0.3) is 0 Å². The van der Waals surface area contributed by atoms with Crippen LogP contribution in [0.2, 0.25) is 0 Å². The van der Waals surface area contributed by atoms with Gasteiger partial charge in [-0.1, -0.05) is 11.8 Å². The molecule has 6 heteroatoms. The molecule has 1 amide bonds. The molecule has 0 bridgehead atoms. The van der Waals surface area contributed by atoms with Gasteiger partial charge in [0.2, 0.25) is 5.91 Å². The van der Waals surface area contributed by atoms with E-state index in [9.17, 15) is 4.79 Å². The molecular weight excluding hydrogens is 266 g/mol. The van der Waals surface area contributed by atoms with Crippen molar-refractivity contribution in [3.05, 3.63) is 11.6 Å². The summed E-state index contributed by atoms with van der Waals surface area (Å²) in [6.07, 6.45) is 6.36. The molecule has 3 N–H and O–H groups in total. The van der Waals surface area contributed by atoms with Crippen LogP contribution in [0.5, 0.6) is 0 Å². The molecule has 18 heavy (non-hydrogen) atoms. The summed E-state index contributed by atoms with van der Waals surface area (Å²) >= 11 is 3.26. The Morgan fingerprint density at radius 1 is 1.56 bits per heavy atom. The quantitative estimate of drug-likeness (QED) is 0.746. The van der Waals surface area contributed by atoms with E-state index in [0.717, 1.165) is 17.2 Å². The van der Waals surface area contributed by atoms with Crippen molar-refractivity contribution in [2.75, 3.05) is 5.75 Å². The van der Waals surface area contributed by atoms with E-state index < -0.39 is 5.54 Å². The van der Waals surface area contributed by atoms with Gasteiger partial charge in [-0.05, 0) is 31.6 Å². The number of nitrogens with two attached hydrogens (primary N) is 1. The van der Waals surface area contributed by atoms with E-state index in [1.165, 1.54) is 12.8 Å². The van der Waals surface area contributed by atoms with Gasteiger partial charge >= 0.3 is 0 Å². The first-order valence-electron chi connectivity index (χ1n) is 6.30. The van der Waals surface area contributed by atoms with Crippen LogP contribution >= 0.6 is 23.1 Å². The Morgan fingerprint density at radius 2 is 2.33 bits per heavy atom. The summed E-state index contributed by atoms with van der Waals surface area (Å²) in [6.45, 7) is 0. The number of carbonyl (C=O) groups is 1. The number of nitrogens with one attached hydrogen (secondary N) is 1. The number of rotatable bonds is 7. The van der Waals surface area contributed by atoms with Crippen LogP contribution in [0.4, 0.5) is 0 Å². The number of amides is 1. The highest BCUT2D eigenvalue weighted by Gasteiger charge is 2.51. The predicted octanol–water partition coefficient (Wildman–Crippen LogP) is 1.62. The molecular formula is C12H17N3OS2. The predicted molar refractivity (Wildman–Crippen MR) is 73.6 cm³/mol. The van der Waals surface area contributed by atoms with Gasteiger partial charge in [0, 0.05) is 23.4 Å². The summed E-state index contributed by atoms with van der Waals surface area (Å²) in [5, 5.41) is 5.47. The summed E-state index contributed by atoms with van der Waals surface area (Å²) < 4.78 is 1.01. The fourth-order valence-corrected chi connectivity index (χ4v) is 4.17. The minimum Gasteiger partial charge on any atom is -0.368 e. The zero-order valence-electron chi connectivity index (χ0n) is 10.1. The van der Waals surface area contributed by atoms with Crippen molar-refractivity contribution in [1.82, 2.24) is 10.3 Å². The van der Waals surface area contributed by atoms with Gasteiger partial charge in [-0.3, -0.25) is 10.1 Å². The van der Waals surface area contributed by atoms with Crippen molar-refractivity contribution in [3.8, 4) is 0 Å². The number of nitrogens with zero attached hydrogens (tertiary/aromatic N) is 1. The Morgan fingerprint density at radius 3 is 2.83 bits per heavy atom. The van der Waals surface area contributed by atoms with E-state index in [0.29, 0.717) is 17.7 Å². The molecule has 0 aliphatic heterocycles. The molecule has 0 aromatic carbocycles. The maximum atomic E-state index is 12.0. The number of thiazole rings is 1. The maximum absolute atomic E-state index is 12.0. The zero-order valence-corrected chi connectivity index (χ0v) is 11.7. The average Bonchev–Trinajstić information content (AvgIpc) is 3.25. The summed E-state index contributed by atoms with van der Waals surface area (Å²) in [5.74, 6) is 0.931. The molecule has 2 aliphatic carbocycles. The monoisotopic (exact) mass is 283 g/mol. The number of carbonyl (C=O) groups excluding carboxylic acids is 1. The number of primary amides is 1. The Bertz CT molecular complexity index is 429. The number of hydrogen-bond donors (Lipinski definition) is 2. The van der Waals surface area contributed by atoms with E-state index in [-0.39, 0.29) is 5.91 Å². The topological polar surface area (TPSA) is 68.0 Å². The van der Waals surface area contributed by atoms with Crippen molar-refractivity contribution < 1.29 is 4.79 Å². The minimum atomic E-state index is -0.516. The highest BCUT2D eigenvalue weighted by molar-refractivity contribution is 8.01. The van der Waals surface area contributed by atoms with Crippen molar-refractivity contribution in [1.29, 1.82) is 0 Å². The molecule has 2 fully saturated rings. The third-order valence-corrected chi connectivity index (χ3v) is 5.75. The highest BCUT2D eigenvalue weighted by Crippen LogP contribution is 2.44. The number of thioether (sulfide) groups is 1. The summed E-state index contributed by atoms with van der Waals surface area (Å²) in [7, 11) is 0. The van der Waals surface area contributed by atoms with Crippen LogP contribution in [-0.2, 0) is 4.79 Å². The smallest absolute Gasteiger partial charge is 0.238 e. The van der Waals surface area contributed by atoms with Crippen LogP contribution in [0.3, 0.4) is 0 Å². The lowest BCUT2D eigenvalue weighted by Crippen LogP contribution is -2.60. The molecule has 3 rings (SSSR count). The second-order valence-corrected chi connectivity index (χ2v) is 7.23. The largest absolute Gasteiger partial charge is 0.368 e. The standard InChI is InChI=1S/C12H17N3OS2/c13-10(16)12(8-1-2-8,15-9-3-4-9)7-18-11-14-5-6-17-11/h5-6,8-9,15H,1-4,7H2,(H2,13,16). The normalized spacial score (nSPS) is 22.7. The maximum Gasteiger partial charge on any atom is 0.238 e. The Kier molecular flexibility index (Phi) is 3.34. The fraction of sp³-hybridized carbons (Fsp3) is 0.667. The lowest BCUT2D eigenvalue weighted by molar-refractivity contribution is -0.124. The van der Waals surface area contributed by atoms with Gasteiger partial charge in [-0.25, -0.2) is 4.98 Å². The second-order valence-electron chi connectivity index (χ2n) is 5.12. The SMILES string of the molecule is NC(=O)C(CSc1nccs1)(NC1CC1)C1CC1. The lowest BCUT2D eigenvalue weighted by Gasteiger charge is -2.31. The van der Waals surface area contributed by atoms with Crippen molar-refractivity contribution >= 4 is 29.0 Å². The summed E-state index contributed by atoms with van der Waals surface area (Å²) in [5.41, 5.74) is 5.18. The van der Waals surface area contributed by atoms with E-state index in [4.69, 9.17) is 5.73 Å². The molecule has 2 saturated carbocycles. The molecule has 1 aromatic rings. The molecule has 1 aromatic heterocycles. The molecule has 0 radical (unpaired) electrons. The third kappa shape index (κ3) is 2.55. The summed E-state index contributed by atoms with van der Waals surface area (Å²) in [4.78, 5) is 16.2. The highest BCUT2D eigenvalue weighted by atomic mass is 32.2. The van der Waals surface area contributed by atoms with Crippen molar-refractivity contribution in [3.63, 3.8) is 0 Å². The molecule has 2 aliphatic rings. The van der Waals surface area contributed by atoms with Crippen LogP contribution < -0.4 is 11.1 Å². The first-order chi connectivity index (χ1) is 8.71. The van der Waals surface area contributed by atoms with Crippen LogP contribution in [0.15, 0.2) is 15.9 Å². The Balaban J connectivity index is 1.72. The van der Waals surface area contributed by atoms with E-state index in [1.807, 2.05) is 5.38 Å². The van der Waals surface area contributed by atoms with Crippen molar-refractivity contribution in [2.24, 2.45) is 11.7 Å². The van der Waals surface area contributed by atoms with Crippen LogP contribution in [-0.4, -0.2) is 28.2 Å². The Hall–Kier alpha value is -0.590. The molecule has 98 valence electrons. The van der Waals surface area contributed by atoms with Gasteiger partial charge in [-0.15, -0.1) is 11.3 Å². The van der Waals surface area contributed by atoms with Gasteiger partial charge in [0.1, 0.15) is 9.88 Å². The second kappa shape index (κ2) is 4.83. The Labute approximate surface area is 115 Å². The van der Waals surface area contributed by atoms with Gasteiger partial charge in [0.15, 0.2) is 0 Å². The zero-order chi connectivity index (χ0) is 12.6. The molecule has 0 saturated heterocycles. The average molecular weight is 283 g/mol. The van der Waals surface area contributed by atoms with Crippen LogP contribution in [0, 0.1) is 5.92 Å².